The Kier molecular flexibility index (Phi) is 6.66. The van der Waals surface area contributed by atoms with Crippen LogP contribution in [-0.4, -0.2) is 34.2 Å². The van der Waals surface area contributed by atoms with Crippen molar-refractivity contribution in [2.75, 3.05) is 28.4 Å². The number of thiophene rings is 1. The van der Waals surface area contributed by atoms with E-state index in [1.54, 1.807) is 58.0 Å². The molecular weight excluding hydrogens is 436 g/mol. The lowest BCUT2D eigenvalue weighted by atomic mass is 10.0. The van der Waals surface area contributed by atoms with Gasteiger partial charge < -0.3 is 18.9 Å². The Hall–Kier alpha value is -3.77. The molecule has 33 heavy (non-hydrogen) atoms. The minimum atomic E-state index is -0.174. The van der Waals surface area contributed by atoms with Gasteiger partial charge in [-0.05, 0) is 47.4 Å². The zero-order valence-electron chi connectivity index (χ0n) is 18.9. The minimum Gasteiger partial charge on any atom is -0.496 e. The SMILES string of the molecule is COc1ccc(C=CC(=O)c2cc(-c3cc4ccccc4s3)c(OC)cc2OC)cc1OC. The maximum atomic E-state index is 13.2. The van der Waals surface area contributed by atoms with Gasteiger partial charge in [0.05, 0.1) is 34.0 Å². The van der Waals surface area contributed by atoms with Gasteiger partial charge in [-0.15, -0.1) is 11.3 Å². The highest BCUT2D eigenvalue weighted by atomic mass is 32.1. The van der Waals surface area contributed by atoms with Crippen LogP contribution < -0.4 is 18.9 Å². The summed E-state index contributed by atoms with van der Waals surface area (Å²) >= 11 is 1.66. The fourth-order valence-corrected chi connectivity index (χ4v) is 4.70. The van der Waals surface area contributed by atoms with Crippen LogP contribution in [0.3, 0.4) is 0 Å². The quantitative estimate of drug-likeness (QED) is 0.222. The number of ketones is 1. The molecule has 4 aromatic rings. The predicted molar refractivity (Wildman–Crippen MR) is 133 cm³/mol. The van der Waals surface area contributed by atoms with Crippen molar-refractivity contribution in [2.45, 2.75) is 0 Å². The second kappa shape index (κ2) is 9.79. The van der Waals surface area contributed by atoms with Crippen LogP contribution in [0.4, 0.5) is 0 Å². The number of methoxy groups -OCH3 is 4. The molecule has 1 aromatic heterocycles. The Balaban J connectivity index is 1.72. The molecule has 6 heteroatoms. The molecule has 0 bridgehead atoms. The molecule has 0 fully saturated rings. The molecule has 0 amide bonds. The highest BCUT2D eigenvalue weighted by molar-refractivity contribution is 7.22. The van der Waals surface area contributed by atoms with Gasteiger partial charge in [0.1, 0.15) is 11.5 Å². The molecule has 0 saturated carbocycles. The number of hydrogen-bond acceptors (Lipinski definition) is 6. The van der Waals surface area contributed by atoms with E-state index in [4.69, 9.17) is 18.9 Å². The molecule has 0 aliphatic heterocycles. The van der Waals surface area contributed by atoms with Crippen molar-refractivity contribution in [2.24, 2.45) is 0 Å². The van der Waals surface area contributed by atoms with Gasteiger partial charge in [-0.1, -0.05) is 30.3 Å². The summed E-state index contributed by atoms with van der Waals surface area (Å²) in [5, 5.41) is 1.15. The lowest BCUT2D eigenvalue weighted by molar-refractivity contribution is 0.104. The fourth-order valence-electron chi connectivity index (χ4n) is 3.62. The van der Waals surface area contributed by atoms with Crippen LogP contribution in [0.5, 0.6) is 23.0 Å². The molecule has 0 aliphatic rings. The summed E-state index contributed by atoms with van der Waals surface area (Å²) < 4.78 is 22.9. The number of allylic oxidation sites excluding steroid dienone is 1. The van der Waals surface area contributed by atoms with Crippen molar-refractivity contribution in [1.29, 1.82) is 0 Å². The Morgan fingerprint density at radius 2 is 1.48 bits per heavy atom. The summed E-state index contributed by atoms with van der Waals surface area (Å²) in [5.41, 5.74) is 2.13. The van der Waals surface area contributed by atoms with Gasteiger partial charge >= 0.3 is 0 Å². The highest BCUT2D eigenvalue weighted by Crippen LogP contribution is 2.41. The van der Waals surface area contributed by atoms with Crippen molar-refractivity contribution in [3.63, 3.8) is 0 Å². The number of carbonyl (C=O) groups excluding carboxylic acids is 1. The van der Waals surface area contributed by atoms with E-state index < -0.39 is 0 Å². The third-order valence-electron chi connectivity index (χ3n) is 5.31. The van der Waals surface area contributed by atoms with E-state index in [1.165, 1.54) is 10.8 Å². The van der Waals surface area contributed by atoms with Gasteiger partial charge in [-0.25, -0.2) is 0 Å². The minimum absolute atomic E-state index is 0.174. The van der Waals surface area contributed by atoms with Crippen molar-refractivity contribution < 1.29 is 23.7 Å². The third kappa shape index (κ3) is 4.56. The molecule has 3 aromatic carbocycles. The number of ether oxygens (including phenoxy) is 4. The molecular formula is C27H24O5S. The van der Waals surface area contributed by atoms with E-state index in [0.29, 0.717) is 28.6 Å². The molecule has 0 N–H and O–H groups in total. The average Bonchev–Trinajstić information content (AvgIpc) is 3.30. The summed E-state index contributed by atoms with van der Waals surface area (Å²) in [5.74, 6) is 2.16. The Morgan fingerprint density at radius 3 is 2.18 bits per heavy atom. The first-order valence-electron chi connectivity index (χ1n) is 10.3. The molecule has 0 radical (unpaired) electrons. The first kappa shape index (κ1) is 22.4. The van der Waals surface area contributed by atoms with E-state index in [-0.39, 0.29) is 5.78 Å². The molecule has 1 heterocycles. The van der Waals surface area contributed by atoms with Gasteiger partial charge in [0.25, 0.3) is 0 Å². The second-order valence-corrected chi connectivity index (χ2v) is 8.30. The smallest absolute Gasteiger partial charge is 0.189 e. The maximum Gasteiger partial charge on any atom is 0.189 e. The van der Waals surface area contributed by atoms with Crippen LogP contribution in [0.25, 0.3) is 26.6 Å². The summed E-state index contributed by atoms with van der Waals surface area (Å²) in [6, 6.07) is 19.4. The fraction of sp³-hybridized carbons (Fsp3) is 0.148. The number of fused-ring (bicyclic) bond motifs is 1. The molecule has 0 saturated heterocycles. The number of rotatable bonds is 8. The summed E-state index contributed by atoms with van der Waals surface area (Å²) in [4.78, 5) is 14.2. The normalized spacial score (nSPS) is 11.0. The number of hydrogen-bond donors (Lipinski definition) is 0. The summed E-state index contributed by atoms with van der Waals surface area (Å²) in [6.07, 6.45) is 3.27. The van der Waals surface area contributed by atoms with Crippen LogP contribution in [0.15, 0.2) is 66.7 Å². The monoisotopic (exact) mass is 460 g/mol. The molecule has 0 unspecified atom stereocenters. The summed E-state index contributed by atoms with van der Waals surface area (Å²) in [7, 11) is 6.32. The van der Waals surface area contributed by atoms with Crippen molar-refractivity contribution >= 4 is 33.3 Å². The lowest BCUT2D eigenvalue weighted by Crippen LogP contribution is -2.01. The predicted octanol–water partition coefficient (Wildman–Crippen LogP) is 6.50. The van der Waals surface area contributed by atoms with Crippen LogP contribution in [0.2, 0.25) is 0 Å². The first-order chi connectivity index (χ1) is 16.1. The van der Waals surface area contributed by atoms with Gasteiger partial charge in [0.2, 0.25) is 0 Å². The van der Waals surface area contributed by atoms with Crippen LogP contribution in [0, 0.1) is 0 Å². The number of benzene rings is 3. The maximum absolute atomic E-state index is 13.2. The average molecular weight is 461 g/mol. The van der Waals surface area contributed by atoms with Crippen LogP contribution >= 0.6 is 11.3 Å². The first-order valence-corrected chi connectivity index (χ1v) is 11.1. The van der Waals surface area contributed by atoms with Crippen molar-refractivity contribution in [3.05, 3.63) is 77.9 Å². The summed E-state index contributed by atoms with van der Waals surface area (Å²) in [6.45, 7) is 0. The van der Waals surface area contributed by atoms with E-state index >= 15 is 0 Å². The van der Waals surface area contributed by atoms with Crippen LogP contribution in [0.1, 0.15) is 15.9 Å². The Labute approximate surface area is 196 Å². The molecule has 4 rings (SSSR count). The van der Waals surface area contributed by atoms with E-state index in [0.717, 1.165) is 21.4 Å². The highest BCUT2D eigenvalue weighted by Gasteiger charge is 2.18. The number of carbonyl (C=O) groups is 1. The van der Waals surface area contributed by atoms with Crippen LogP contribution in [-0.2, 0) is 0 Å². The zero-order chi connectivity index (χ0) is 23.4. The zero-order valence-corrected chi connectivity index (χ0v) is 19.7. The van der Waals surface area contributed by atoms with Crippen molar-refractivity contribution in [3.8, 4) is 33.4 Å². The van der Waals surface area contributed by atoms with Gasteiger partial charge in [0.15, 0.2) is 17.3 Å². The van der Waals surface area contributed by atoms with E-state index in [9.17, 15) is 4.79 Å². The largest absolute Gasteiger partial charge is 0.496 e. The second-order valence-electron chi connectivity index (χ2n) is 7.21. The molecule has 0 spiro atoms. The van der Waals surface area contributed by atoms with E-state index in [2.05, 4.69) is 18.2 Å². The molecule has 0 aliphatic carbocycles. The van der Waals surface area contributed by atoms with E-state index in [1.807, 2.05) is 30.3 Å². The topological polar surface area (TPSA) is 54.0 Å². The lowest BCUT2D eigenvalue weighted by Gasteiger charge is -2.13. The molecule has 5 nitrogen and oxygen atoms in total. The van der Waals surface area contributed by atoms with Crippen molar-refractivity contribution in [1.82, 2.24) is 0 Å². The molecule has 0 atom stereocenters. The standard InChI is InChI=1S/C27H24O5S/c1-29-22-12-10-17(13-25(22)32-4)9-11-21(28)19-15-20(24(31-3)16-23(19)30-2)27-14-18-7-5-6-8-26(18)33-27/h5-16H,1-4H3. The Morgan fingerprint density at radius 1 is 0.758 bits per heavy atom. The third-order valence-corrected chi connectivity index (χ3v) is 6.46. The van der Waals surface area contributed by atoms with Gasteiger partial charge in [0, 0.05) is 21.2 Å². The Bertz CT molecular complexity index is 1300. The van der Waals surface area contributed by atoms with Gasteiger partial charge in [-0.3, -0.25) is 4.79 Å². The molecule has 168 valence electrons. The van der Waals surface area contributed by atoms with Gasteiger partial charge in [-0.2, -0.15) is 0 Å².